The van der Waals surface area contributed by atoms with Gasteiger partial charge in [-0.3, -0.25) is 4.79 Å². The maximum Gasteiger partial charge on any atom is 0.338 e. The van der Waals surface area contributed by atoms with Crippen LogP contribution in [0.1, 0.15) is 44.4 Å². The van der Waals surface area contributed by atoms with Gasteiger partial charge in [0.2, 0.25) is 5.91 Å². The summed E-state index contributed by atoms with van der Waals surface area (Å²) in [5.74, 6) is -0.252. The summed E-state index contributed by atoms with van der Waals surface area (Å²) in [5, 5.41) is 2.80. The van der Waals surface area contributed by atoms with Crippen LogP contribution in [0.5, 0.6) is 0 Å². The Bertz CT molecular complexity index is 1040. The van der Waals surface area contributed by atoms with Crippen LogP contribution in [-0.2, 0) is 14.3 Å². The summed E-state index contributed by atoms with van der Waals surface area (Å²) in [6.07, 6.45) is 0.0476. The molecule has 3 aliphatic rings. The van der Waals surface area contributed by atoms with Crippen molar-refractivity contribution in [3.8, 4) is 0 Å². The van der Waals surface area contributed by atoms with E-state index in [0.717, 1.165) is 48.2 Å². The predicted molar refractivity (Wildman–Crippen MR) is 131 cm³/mol. The largest absolute Gasteiger partial charge is 0.459 e. The van der Waals surface area contributed by atoms with E-state index in [4.69, 9.17) is 9.73 Å². The minimum absolute atomic E-state index is 0.109. The van der Waals surface area contributed by atoms with Crippen molar-refractivity contribution < 1.29 is 14.3 Å². The van der Waals surface area contributed by atoms with Gasteiger partial charge in [0.15, 0.2) is 5.17 Å². The van der Waals surface area contributed by atoms with E-state index in [2.05, 4.69) is 16.8 Å². The summed E-state index contributed by atoms with van der Waals surface area (Å²) in [4.78, 5) is 37.4. The highest BCUT2D eigenvalue weighted by molar-refractivity contribution is 8.16. The van der Waals surface area contributed by atoms with E-state index in [1.165, 1.54) is 11.8 Å². The zero-order valence-electron chi connectivity index (χ0n) is 20.0. The molecule has 1 aromatic rings. The number of carbonyl (C=O) groups is 2. The lowest BCUT2D eigenvalue weighted by atomic mass is 9.91. The molecule has 3 heterocycles. The van der Waals surface area contributed by atoms with Crippen LogP contribution < -0.4 is 0 Å². The molecule has 0 aliphatic carbocycles. The second-order valence-corrected chi connectivity index (χ2v) is 9.90. The number of fused-ring (bicyclic) bond motifs is 1. The SMILES string of the molecule is CC1=C(C(=O)OC(C)C)C(c2ccccc2C)N2C(CC(=O)N3CCN(C)CC3)=CSC2=N1. The molecule has 176 valence electrons. The Balaban J connectivity index is 1.68. The lowest BCUT2D eigenvalue weighted by Gasteiger charge is -2.38. The molecule has 7 nitrogen and oxygen atoms in total. The van der Waals surface area contributed by atoms with Crippen molar-refractivity contribution in [2.75, 3.05) is 33.2 Å². The number of nitrogens with zero attached hydrogens (tertiary/aromatic N) is 4. The Morgan fingerprint density at radius 2 is 1.85 bits per heavy atom. The summed E-state index contributed by atoms with van der Waals surface area (Å²) in [7, 11) is 2.08. The Morgan fingerprint density at radius 3 is 2.52 bits per heavy atom. The Morgan fingerprint density at radius 1 is 1.15 bits per heavy atom. The molecular weight excluding hydrogens is 436 g/mol. The van der Waals surface area contributed by atoms with Gasteiger partial charge in [-0.25, -0.2) is 9.79 Å². The van der Waals surface area contributed by atoms with Gasteiger partial charge in [0, 0.05) is 31.9 Å². The molecule has 1 unspecified atom stereocenters. The number of hydrogen-bond acceptors (Lipinski definition) is 7. The molecule has 4 rings (SSSR count). The normalized spacial score (nSPS) is 21.2. The van der Waals surface area contributed by atoms with E-state index in [0.29, 0.717) is 11.3 Å². The molecule has 1 fully saturated rings. The van der Waals surface area contributed by atoms with Crippen LogP contribution in [-0.4, -0.2) is 71.1 Å². The fourth-order valence-electron chi connectivity index (χ4n) is 4.42. The van der Waals surface area contributed by atoms with E-state index in [1.54, 1.807) is 0 Å². The minimum Gasteiger partial charge on any atom is -0.459 e. The molecule has 0 bridgehead atoms. The summed E-state index contributed by atoms with van der Waals surface area (Å²) in [6.45, 7) is 10.8. The van der Waals surface area contributed by atoms with E-state index in [9.17, 15) is 9.59 Å². The predicted octanol–water partition coefficient (Wildman–Crippen LogP) is 3.69. The van der Waals surface area contributed by atoms with Crippen molar-refractivity contribution in [2.45, 2.75) is 46.3 Å². The monoisotopic (exact) mass is 468 g/mol. The van der Waals surface area contributed by atoms with Gasteiger partial charge in [0.1, 0.15) is 0 Å². The average Bonchev–Trinajstić information content (AvgIpc) is 3.15. The Labute approximate surface area is 200 Å². The number of aryl methyl sites for hydroxylation is 1. The molecule has 33 heavy (non-hydrogen) atoms. The molecular formula is C25H32N4O3S. The van der Waals surface area contributed by atoms with Gasteiger partial charge in [-0.05, 0) is 51.3 Å². The zero-order valence-corrected chi connectivity index (χ0v) is 20.8. The Kier molecular flexibility index (Phi) is 6.95. The number of thioether (sulfide) groups is 1. The van der Waals surface area contributed by atoms with Gasteiger partial charge >= 0.3 is 5.97 Å². The molecule has 8 heteroatoms. The van der Waals surface area contributed by atoms with Crippen LogP contribution in [0.2, 0.25) is 0 Å². The van der Waals surface area contributed by atoms with E-state index < -0.39 is 0 Å². The summed E-state index contributed by atoms with van der Waals surface area (Å²) >= 11 is 1.51. The van der Waals surface area contributed by atoms with Gasteiger partial charge in [-0.15, -0.1) is 0 Å². The molecule has 0 radical (unpaired) electrons. The first-order chi connectivity index (χ1) is 15.8. The first-order valence-corrected chi connectivity index (χ1v) is 12.3. The number of benzene rings is 1. The first-order valence-electron chi connectivity index (χ1n) is 11.4. The molecule has 1 aromatic carbocycles. The van der Waals surface area contributed by atoms with E-state index in [-0.39, 0.29) is 30.4 Å². The zero-order chi connectivity index (χ0) is 23.7. The van der Waals surface area contributed by atoms with Gasteiger partial charge in [-0.1, -0.05) is 36.0 Å². The van der Waals surface area contributed by atoms with Crippen molar-refractivity contribution in [1.29, 1.82) is 0 Å². The number of rotatable bonds is 5. The molecule has 0 spiro atoms. The Hall–Kier alpha value is -2.58. The summed E-state index contributed by atoms with van der Waals surface area (Å²) in [5.41, 5.74) is 4.15. The second-order valence-electron chi connectivity index (χ2n) is 9.06. The fourth-order valence-corrected chi connectivity index (χ4v) is 5.38. The van der Waals surface area contributed by atoms with Crippen LogP contribution in [0.3, 0.4) is 0 Å². The quantitative estimate of drug-likeness (QED) is 0.614. The number of ether oxygens (including phenoxy) is 1. The van der Waals surface area contributed by atoms with Crippen LogP contribution in [0.25, 0.3) is 0 Å². The van der Waals surface area contributed by atoms with Gasteiger partial charge in [-0.2, -0.15) is 0 Å². The number of hydrogen-bond donors (Lipinski definition) is 0. The summed E-state index contributed by atoms with van der Waals surface area (Å²) < 4.78 is 5.62. The van der Waals surface area contributed by atoms with E-state index in [1.807, 2.05) is 62.3 Å². The lowest BCUT2D eigenvalue weighted by Crippen LogP contribution is -2.47. The van der Waals surface area contributed by atoms with Crippen LogP contribution >= 0.6 is 11.8 Å². The van der Waals surface area contributed by atoms with Gasteiger partial charge in [0.25, 0.3) is 0 Å². The fraction of sp³-hybridized carbons (Fsp3) is 0.480. The highest BCUT2D eigenvalue weighted by atomic mass is 32.2. The maximum absolute atomic E-state index is 13.2. The van der Waals surface area contributed by atoms with Crippen molar-refractivity contribution in [3.63, 3.8) is 0 Å². The van der Waals surface area contributed by atoms with Gasteiger partial charge in [0.05, 0.1) is 29.8 Å². The number of esters is 1. The number of piperazine rings is 1. The van der Waals surface area contributed by atoms with Crippen LogP contribution in [0.15, 0.2) is 51.6 Å². The number of carbonyl (C=O) groups excluding carboxylic acids is 2. The van der Waals surface area contributed by atoms with Gasteiger partial charge < -0.3 is 19.4 Å². The molecule has 0 saturated carbocycles. The third-order valence-electron chi connectivity index (χ3n) is 6.23. The highest BCUT2D eigenvalue weighted by Crippen LogP contribution is 2.45. The van der Waals surface area contributed by atoms with E-state index >= 15 is 0 Å². The van der Waals surface area contributed by atoms with Crippen molar-refractivity contribution in [2.24, 2.45) is 4.99 Å². The second kappa shape index (κ2) is 9.73. The summed E-state index contributed by atoms with van der Waals surface area (Å²) in [6, 6.07) is 7.68. The molecule has 1 amide bonds. The first kappa shape index (κ1) is 23.6. The standard InChI is InChI=1S/C25H32N4O3S/c1-16(2)32-24(31)22-18(4)26-25-29(23(22)20-9-7-6-8-17(20)3)19(15-33-25)14-21(30)28-12-10-27(5)11-13-28/h6-9,15-16,23H,10-14H2,1-5H3. The van der Waals surface area contributed by atoms with Crippen molar-refractivity contribution >= 4 is 28.8 Å². The van der Waals surface area contributed by atoms with Crippen molar-refractivity contribution in [1.82, 2.24) is 14.7 Å². The topological polar surface area (TPSA) is 65.5 Å². The minimum atomic E-state index is -0.383. The highest BCUT2D eigenvalue weighted by Gasteiger charge is 2.42. The van der Waals surface area contributed by atoms with Crippen LogP contribution in [0, 0.1) is 6.92 Å². The maximum atomic E-state index is 13.2. The van der Waals surface area contributed by atoms with Crippen LogP contribution in [0.4, 0.5) is 0 Å². The van der Waals surface area contributed by atoms with Crippen molar-refractivity contribution in [3.05, 3.63) is 57.8 Å². The smallest absolute Gasteiger partial charge is 0.338 e. The molecule has 3 aliphatic heterocycles. The molecule has 0 N–H and O–H groups in total. The molecule has 0 aromatic heterocycles. The third-order valence-corrected chi connectivity index (χ3v) is 7.12. The average molecular weight is 469 g/mol. The number of aliphatic imine (C=N–C) groups is 1. The number of allylic oxidation sites excluding steroid dienone is 1. The molecule has 1 atom stereocenters. The number of likely N-dealkylation sites (N-methyl/N-ethyl adjacent to an activating group) is 1. The molecule has 1 saturated heterocycles. The number of amidine groups is 1. The number of amides is 1. The third kappa shape index (κ3) is 4.87. The lowest BCUT2D eigenvalue weighted by molar-refractivity contribution is -0.143.